The van der Waals surface area contributed by atoms with Crippen molar-refractivity contribution in [2.45, 2.75) is 0 Å². The Morgan fingerprint density at radius 2 is 1.93 bits per heavy atom. The molecule has 5 nitrogen and oxygen atoms in total. The largest absolute Gasteiger partial charge is 0.484 e. The second kappa shape index (κ2) is 8.95. The Balaban J connectivity index is 1.53. The van der Waals surface area contributed by atoms with Gasteiger partial charge in [0.25, 0.3) is 5.91 Å². The Morgan fingerprint density at radius 3 is 2.70 bits per heavy atom. The fourth-order valence-electron chi connectivity index (χ4n) is 2.13. The van der Waals surface area contributed by atoms with Crippen molar-refractivity contribution in [3.05, 3.63) is 75.4 Å². The summed E-state index contributed by atoms with van der Waals surface area (Å²) in [6, 6.07) is 15.4. The van der Waals surface area contributed by atoms with Gasteiger partial charge in [0.15, 0.2) is 6.61 Å². The standard InChI is InChI=1S/C19H13Cl3N2O3/c20-13-2-1-3-14(9-13)26-11-19(25)24-23-10-15-5-7-18(27-15)12-4-6-16(21)17(22)8-12/h1-10H,11H2,(H,24,25)/b23-10-. The van der Waals surface area contributed by atoms with Gasteiger partial charge in [-0.05, 0) is 48.5 Å². The molecule has 138 valence electrons. The number of benzene rings is 2. The number of hydrogen-bond donors (Lipinski definition) is 1. The van der Waals surface area contributed by atoms with E-state index in [2.05, 4.69) is 10.5 Å². The molecule has 1 heterocycles. The van der Waals surface area contributed by atoms with E-state index in [1.54, 1.807) is 54.6 Å². The van der Waals surface area contributed by atoms with Gasteiger partial charge in [0.1, 0.15) is 17.3 Å². The van der Waals surface area contributed by atoms with Crippen LogP contribution in [0.1, 0.15) is 5.76 Å². The first kappa shape index (κ1) is 19.3. The number of nitrogens with one attached hydrogen (secondary N) is 1. The van der Waals surface area contributed by atoms with Crippen LogP contribution in [-0.2, 0) is 4.79 Å². The first-order valence-electron chi connectivity index (χ1n) is 7.77. The maximum absolute atomic E-state index is 11.7. The topological polar surface area (TPSA) is 63.8 Å². The lowest BCUT2D eigenvalue weighted by Gasteiger charge is -2.04. The van der Waals surface area contributed by atoms with Gasteiger partial charge in [-0.25, -0.2) is 5.43 Å². The van der Waals surface area contributed by atoms with Crippen LogP contribution in [0.2, 0.25) is 15.1 Å². The van der Waals surface area contributed by atoms with Crippen molar-refractivity contribution in [1.82, 2.24) is 5.43 Å². The molecule has 1 amide bonds. The Kier molecular flexibility index (Phi) is 6.40. The third-order valence-corrected chi connectivity index (χ3v) is 4.35. The van der Waals surface area contributed by atoms with Crippen molar-refractivity contribution >= 4 is 46.9 Å². The maximum Gasteiger partial charge on any atom is 0.277 e. The molecule has 0 aliphatic rings. The second-order valence-electron chi connectivity index (χ2n) is 5.37. The Bertz CT molecular complexity index is 986. The van der Waals surface area contributed by atoms with Gasteiger partial charge in [-0.3, -0.25) is 4.79 Å². The average Bonchev–Trinajstić information content (AvgIpc) is 3.11. The molecule has 0 radical (unpaired) electrons. The number of nitrogens with zero attached hydrogens (tertiary/aromatic N) is 1. The summed E-state index contributed by atoms with van der Waals surface area (Å²) in [6.07, 6.45) is 1.39. The minimum atomic E-state index is -0.414. The van der Waals surface area contributed by atoms with Gasteiger partial charge in [0.2, 0.25) is 0 Å². The summed E-state index contributed by atoms with van der Waals surface area (Å²) in [5.41, 5.74) is 3.14. The van der Waals surface area contributed by atoms with Crippen LogP contribution < -0.4 is 10.2 Å². The molecule has 2 aromatic carbocycles. The van der Waals surface area contributed by atoms with Crippen molar-refractivity contribution in [1.29, 1.82) is 0 Å². The van der Waals surface area contributed by atoms with E-state index in [1.165, 1.54) is 6.21 Å². The first-order valence-corrected chi connectivity index (χ1v) is 8.90. The minimum Gasteiger partial charge on any atom is -0.484 e. The lowest BCUT2D eigenvalue weighted by atomic mass is 10.2. The quantitative estimate of drug-likeness (QED) is 0.424. The van der Waals surface area contributed by atoms with Crippen LogP contribution in [0, 0.1) is 0 Å². The summed E-state index contributed by atoms with van der Waals surface area (Å²) < 4.78 is 11.0. The highest BCUT2D eigenvalue weighted by atomic mass is 35.5. The fraction of sp³-hybridized carbons (Fsp3) is 0.0526. The zero-order valence-electron chi connectivity index (χ0n) is 13.8. The number of hydrogen-bond acceptors (Lipinski definition) is 4. The van der Waals surface area contributed by atoms with Crippen LogP contribution in [0.3, 0.4) is 0 Å². The molecule has 1 aromatic heterocycles. The maximum atomic E-state index is 11.7. The molecule has 0 unspecified atom stereocenters. The van der Waals surface area contributed by atoms with Crippen LogP contribution in [-0.4, -0.2) is 18.7 Å². The van der Waals surface area contributed by atoms with E-state index in [0.717, 1.165) is 5.56 Å². The molecule has 27 heavy (non-hydrogen) atoms. The molecular formula is C19H13Cl3N2O3. The van der Waals surface area contributed by atoms with Gasteiger partial charge in [0.05, 0.1) is 16.3 Å². The number of furan rings is 1. The SMILES string of the molecule is O=C(COc1cccc(Cl)c1)N/N=C\c1ccc(-c2ccc(Cl)c(Cl)c2)o1. The van der Waals surface area contributed by atoms with E-state index in [1.807, 2.05) is 0 Å². The average molecular weight is 424 g/mol. The monoisotopic (exact) mass is 422 g/mol. The molecule has 3 aromatic rings. The lowest BCUT2D eigenvalue weighted by Crippen LogP contribution is -2.24. The first-order chi connectivity index (χ1) is 13.0. The van der Waals surface area contributed by atoms with Crippen LogP contribution in [0.15, 0.2) is 64.1 Å². The molecule has 0 atom stereocenters. The summed E-state index contributed by atoms with van der Waals surface area (Å²) >= 11 is 17.8. The molecule has 0 saturated heterocycles. The Morgan fingerprint density at radius 1 is 1.07 bits per heavy atom. The summed E-state index contributed by atoms with van der Waals surface area (Å²) in [4.78, 5) is 11.7. The smallest absolute Gasteiger partial charge is 0.277 e. The molecule has 0 bridgehead atoms. The predicted molar refractivity (Wildman–Crippen MR) is 107 cm³/mol. The number of ether oxygens (including phenoxy) is 1. The van der Waals surface area contributed by atoms with Gasteiger partial charge in [-0.15, -0.1) is 0 Å². The van der Waals surface area contributed by atoms with Crippen LogP contribution in [0.25, 0.3) is 11.3 Å². The fourth-order valence-corrected chi connectivity index (χ4v) is 2.61. The van der Waals surface area contributed by atoms with E-state index in [-0.39, 0.29) is 6.61 Å². The molecule has 0 aliphatic carbocycles. The van der Waals surface area contributed by atoms with Crippen LogP contribution >= 0.6 is 34.8 Å². The molecular weight excluding hydrogens is 411 g/mol. The van der Waals surface area contributed by atoms with E-state index in [4.69, 9.17) is 44.0 Å². The lowest BCUT2D eigenvalue weighted by molar-refractivity contribution is -0.123. The Labute approximate surface area is 170 Å². The van der Waals surface area contributed by atoms with E-state index in [0.29, 0.717) is 32.3 Å². The van der Waals surface area contributed by atoms with Crippen molar-refractivity contribution in [3.8, 4) is 17.1 Å². The van der Waals surface area contributed by atoms with Crippen molar-refractivity contribution < 1.29 is 13.9 Å². The molecule has 0 spiro atoms. The van der Waals surface area contributed by atoms with Crippen molar-refractivity contribution in [2.24, 2.45) is 5.10 Å². The highest BCUT2D eigenvalue weighted by Crippen LogP contribution is 2.29. The molecule has 1 N–H and O–H groups in total. The molecule has 8 heteroatoms. The molecule has 0 fully saturated rings. The van der Waals surface area contributed by atoms with E-state index >= 15 is 0 Å². The highest BCUT2D eigenvalue weighted by molar-refractivity contribution is 6.42. The summed E-state index contributed by atoms with van der Waals surface area (Å²) in [5, 5.41) is 5.27. The van der Waals surface area contributed by atoms with E-state index < -0.39 is 5.91 Å². The van der Waals surface area contributed by atoms with Gasteiger partial charge in [-0.1, -0.05) is 40.9 Å². The van der Waals surface area contributed by atoms with Gasteiger partial charge >= 0.3 is 0 Å². The predicted octanol–water partition coefficient (Wildman–Crippen LogP) is 5.44. The minimum absolute atomic E-state index is 0.190. The van der Waals surface area contributed by atoms with Crippen LogP contribution in [0.4, 0.5) is 0 Å². The number of carbonyl (C=O) groups excluding carboxylic acids is 1. The Hall–Kier alpha value is -2.47. The normalized spacial score (nSPS) is 10.9. The van der Waals surface area contributed by atoms with Gasteiger partial charge < -0.3 is 9.15 Å². The number of hydrazone groups is 1. The van der Waals surface area contributed by atoms with Crippen molar-refractivity contribution in [2.75, 3.05) is 6.61 Å². The zero-order chi connectivity index (χ0) is 19.2. The second-order valence-corrected chi connectivity index (χ2v) is 6.62. The zero-order valence-corrected chi connectivity index (χ0v) is 16.1. The molecule has 3 rings (SSSR count). The van der Waals surface area contributed by atoms with Gasteiger partial charge in [0, 0.05) is 10.6 Å². The number of rotatable bonds is 6. The van der Waals surface area contributed by atoms with Crippen LogP contribution in [0.5, 0.6) is 5.75 Å². The molecule has 0 aliphatic heterocycles. The van der Waals surface area contributed by atoms with Crippen molar-refractivity contribution in [3.63, 3.8) is 0 Å². The molecule has 0 saturated carbocycles. The third kappa shape index (κ3) is 5.50. The summed E-state index contributed by atoms with van der Waals surface area (Å²) in [6.45, 7) is -0.190. The third-order valence-electron chi connectivity index (χ3n) is 3.38. The number of carbonyl (C=O) groups is 1. The summed E-state index contributed by atoms with van der Waals surface area (Å²) in [5.74, 6) is 1.15. The highest BCUT2D eigenvalue weighted by Gasteiger charge is 2.07. The van der Waals surface area contributed by atoms with Gasteiger partial charge in [-0.2, -0.15) is 5.10 Å². The van der Waals surface area contributed by atoms with E-state index in [9.17, 15) is 4.79 Å². The number of amides is 1. The number of halogens is 3. The summed E-state index contributed by atoms with van der Waals surface area (Å²) in [7, 11) is 0.